The van der Waals surface area contributed by atoms with Gasteiger partial charge in [0.25, 0.3) is 0 Å². The van der Waals surface area contributed by atoms with E-state index < -0.39 is 5.54 Å². The van der Waals surface area contributed by atoms with E-state index in [0.717, 1.165) is 32.1 Å². The predicted octanol–water partition coefficient (Wildman–Crippen LogP) is 0.877. The Morgan fingerprint density at radius 2 is 2.41 bits per heavy atom. The van der Waals surface area contributed by atoms with Crippen molar-refractivity contribution in [3.05, 3.63) is 0 Å². The summed E-state index contributed by atoms with van der Waals surface area (Å²) in [6.45, 7) is 2.36. The molecule has 3 atom stereocenters. The number of nitrogens with one attached hydrogen (secondary N) is 1. The largest absolute Gasteiger partial charge is 0.396 e. The minimum atomic E-state index is -0.519. The van der Waals surface area contributed by atoms with Gasteiger partial charge in [-0.05, 0) is 39.2 Å². The Morgan fingerprint density at radius 1 is 1.71 bits per heavy atom. The van der Waals surface area contributed by atoms with Gasteiger partial charge in [-0.3, -0.25) is 4.79 Å². The van der Waals surface area contributed by atoms with Crippen molar-refractivity contribution in [2.24, 2.45) is 5.73 Å². The Hall–Kier alpha value is -0.260. The number of thioether (sulfide) groups is 1. The summed E-state index contributed by atoms with van der Waals surface area (Å²) in [6.07, 6.45) is 4.62. The summed E-state index contributed by atoms with van der Waals surface area (Å²) in [7, 11) is 1.81. The molecule has 0 heterocycles. The van der Waals surface area contributed by atoms with E-state index in [2.05, 4.69) is 12.2 Å². The van der Waals surface area contributed by atoms with Crippen LogP contribution in [0.25, 0.3) is 0 Å². The van der Waals surface area contributed by atoms with E-state index in [9.17, 15) is 4.79 Å². The molecule has 5 heteroatoms. The van der Waals surface area contributed by atoms with Crippen LogP contribution in [0, 0.1) is 0 Å². The normalized spacial score (nSPS) is 31.1. The molecule has 0 aromatic carbocycles. The van der Waals surface area contributed by atoms with Crippen LogP contribution in [0.3, 0.4) is 0 Å². The molecule has 1 fully saturated rings. The number of aliphatic hydroxyl groups is 1. The number of hydrogen-bond donors (Lipinski definition) is 3. The van der Waals surface area contributed by atoms with Gasteiger partial charge in [-0.15, -0.1) is 0 Å². The number of hydrogen-bond acceptors (Lipinski definition) is 4. The maximum absolute atomic E-state index is 11.6. The average molecular weight is 260 g/mol. The highest BCUT2D eigenvalue weighted by Gasteiger charge is 2.40. The highest BCUT2D eigenvalue weighted by atomic mass is 32.2. The van der Waals surface area contributed by atoms with Crippen molar-refractivity contribution in [2.75, 3.05) is 13.7 Å². The SMILES string of the molecule is CNC1(C(N)=O)CCCC(SC(C)CCO)C1. The minimum Gasteiger partial charge on any atom is -0.396 e. The number of carbonyl (C=O) groups excluding carboxylic acids is 1. The van der Waals surface area contributed by atoms with Crippen molar-refractivity contribution in [1.29, 1.82) is 0 Å². The van der Waals surface area contributed by atoms with E-state index in [-0.39, 0.29) is 12.5 Å². The molecule has 17 heavy (non-hydrogen) atoms. The monoisotopic (exact) mass is 260 g/mol. The molecule has 0 bridgehead atoms. The minimum absolute atomic E-state index is 0.230. The zero-order chi connectivity index (χ0) is 12.9. The summed E-state index contributed by atoms with van der Waals surface area (Å²) in [4.78, 5) is 11.6. The van der Waals surface area contributed by atoms with Gasteiger partial charge < -0.3 is 16.2 Å². The summed E-state index contributed by atoms with van der Waals surface area (Å²) >= 11 is 1.87. The highest BCUT2D eigenvalue weighted by Crippen LogP contribution is 2.37. The van der Waals surface area contributed by atoms with E-state index in [4.69, 9.17) is 10.8 Å². The number of likely N-dealkylation sites (N-methyl/N-ethyl adjacent to an activating group) is 1. The van der Waals surface area contributed by atoms with Gasteiger partial charge in [0.05, 0.1) is 5.54 Å². The number of rotatable bonds is 6. The predicted molar refractivity (Wildman–Crippen MR) is 72.0 cm³/mol. The summed E-state index contributed by atoms with van der Waals surface area (Å²) in [6, 6.07) is 0. The lowest BCUT2D eigenvalue weighted by Crippen LogP contribution is -2.57. The number of amides is 1. The number of nitrogens with two attached hydrogens (primary N) is 1. The van der Waals surface area contributed by atoms with Crippen LogP contribution in [-0.2, 0) is 4.79 Å². The van der Waals surface area contributed by atoms with Crippen molar-refractivity contribution in [1.82, 2.24) is 5.32 Å². The van der Waals surface area contributed by atoms with Gasteiger partial charge in [-0.2, -0.15) is 11.8 Å². The van der Waals surface area contributed by atoms with Gasteiger partial charge in [-0.25, -0.2) is 0 Å². The molecule has 1 aliphatic carbocycles. The molecule has 1 aliphatic rings. The van der Waals surface area contributed by atoms with Crippen LogP contribution in [0.5, 0.6) is 0 Å². The van der Waals surface area contributed by atoms with Crippen LogP contribution in [0.15, 0.2) is 0 Å². The van der Waals surface area contributed by atoms with Crippen LogP contribution in [0.2, 0.25) is 0 Å². The fourth-order valence-electron chi connectivity index (χ4n) is 2.49. The first-order valence-corrected chi connectivity index (χ1v) is 7.23. The molecule has 4 nitrogen and oxygen atoms in total. The summed E-state index contributed by atoms with van der Waals surface area (Å²) in [5, 5.41) is 12.9. The molecule has 100 valence electrons. The van der Waals surface area contributed by atoms with E-state index in [0.29, 0.717) is 10.5 Å². The summed E-state index contributed by atoms with van der Waals surface area (Å²) in [5.41, 5.74) is 4.99. The van der Waals surface area contributed by atoms with Crippen LogP contribution in [0.1, 0.15) is 39.0 Å². The van der Waals surface area contributed by atoms with Crippen LogP contribution < -0.4 is 11.1 Å². The molecule has 0 saturated heterocycles. The zero-order valence-corrected chi connectivity index (χ0v) is 11.6. The molecule has 0 aromatic heterocycles. The van der Waals surface area contributed by atoms with Crippen LogP contribution in [0.4, 0.5) is 0 Å². The highest BCUT2D eigenvalue weighted by molar-refractivity contribution is 8.00. The first kappa shape index (κ1) is 14.8. The van der Waals surface area contributed by atoms with Crippen LogP contribution >= 0.6 is 11.8 Å². The van der Waals surface area contributed by atoms with Crippen molar-refractivity contribution in [2.45, 2.75) is 55.1 Å². The standard InChI is InChI=1S/C12H24N2O2S/c1-9(5-7-15)17-10-4-3-6-12(8-10,14-2)11(13)16/h9-10,14-15H,3-8H2,1-2H3,(H2,13,16). The lowest BCUT2D eigenvalue weighted by atomic mass is 9.81. The smallest absolute Gasteiger partial charge is 0.237 e. The molecule has 1 rings (SSSR count). The molecule has 0 radical (unpaired) electrons. The van der Waals surface area contributed by atoms with Crippen molar-refractivity contribution in [3.8, 4) is 0 Å². The molecule has 0 aromatic rings. The second-order valence-electron chi connectivity index (χ2n) is 4.87. The maximum atomic E-state index is 11.6. The van der Waals surface area contributed by atoms with E-state index in [1.807, 2.05) is 18.8 Å². The van der Waals surface area contributed by atoms with Gasteiger partial charge in [-0.1, -0.05) is 6.92 Å². The Balaban J connectivity index is 2.56. The summed E-state index contributed by atoms with van der Waals surface area (Å²) in [5.74, 6) is -0.236. The van der Waals surface area contributed by atoms with Gasteiger partial charge in [0, 0.05) is 17.1 Å². The average Bonchev–Trinajstić information content (AvgIpc) is 2.29. The first-order chi connectivity index (χ1) is 8.04. The fraction of sp³-hybridized carbons (Fsp3) is 0.917. The van der Waals surface area contributed by atoms with Gasteiger partial charge in [0.15, 0.2) is 0 Å². The zero-order valence-electron chi connectivity index (χ0n) is 10.7. The third-order valence-electron chi connectivity index (χ3n) is 3.62. The Bertz CT molecular complexity index is 263. The molecular weight excluding hydrogens is 236 g/mol. The summed E-state index contributed by atoms with van der Waals surface area (Å²) < 4.78 is 0. The Labute approximate surface area is 108 Å². The number of aliphatic hydroxyl groups excluding tert-OH is 1. The molecule has 1 amide bonds. The lowest BCUT2D eigenvalue weighted by molar-refractivity contribution is -0.125. The van der Waals surface area contributed by atoms with Gasteiger partial charge in [0.1, 0.15) is 0 Å². The molecule has 3 unspecified atom stereocenters. The molecule has 0 aliphatic heterocycles. The van der Waals surface area contributed by atoms with E-state index in [1.165, 1.54) is 0 Å². The second-order valence-corrected chi connectivity index (χ2v) is 6.62. The quantitative estimate of drug-likeness (QED) is 0.662. The first-order valence-electron chi connectivity index (χ1n) is 6.29. The van der Waals surface area contributed by atoms with Crippen LogP contribution in [-0.4, -0.2) is 40.7 Å². The van der Waals surface area contributed by atoms with E-state index in [1.54, 1.807) is 0 Å². The number of primary amides is 1. The Morgan fingerprint density at radius 3 is 2.94 bits per heavy atom. The molecule has 0 spiro atoms. The maximum Gasteiger partial charge on any atom is 0.237 e. The molecular formula is C12H24N2O2S. The Kier molecular flexibility index (Phi) is 5.76. The second kappa shape index (κ2) is 6.61. The van der Waals surface area contributed by atoms with Crippen molar-refractivity contribution >= 4 is 17.7 Å². The topological polar surface area (TPSA) is 75.3 Å². The van der Waals surface area contributed by atoms with E-state index >= 15 is 0 Å². The molecule has 4 N–H and O–H groups in total. The fourth-order valence-corrected chi connectivity index (χ4v) is 4.07. The third kappa shape index (κ3) is 3.86. The van der Waals surface area contributed by atoms with Crippen molar-refractivity contribution in [3.63, 3.8) is 0 Å². The van der Waals surface area contributed by atoms with Gasteiger partial charge >= 0.3 is 0 Å². The van der Waals surface area contributed by atoms with Gasteiger partial charge in [0.2, 0.25) is 5.91 Å². The van der Waals surface area contributed by atoms with Crippen molar-refractivity contribution < 1.29 is 9.90 Å². The number of carbonyl (C=O) groups is 1. The lowest BCUT2D eigenvalue weighted by Gasteiger charge is -2.38. The molecule has 1 saturated carbocycles. The third-order valence-corrected chi connectivity index (χ3v) is 5.10.